The van der Waals surface area contributed by atoms with Crippen LogP contribution in [0.4, 0.5) is 5.82 Å². The van der Waals surface area contributed by atoms with Crippen molar-refractivity contribution in [2.75, 3.05) is 12.0 Å². The van der Waals surface area contributed by atoms with Crippen molar-refractivity contribution in [2.24, 2.45) is 0 Å². The lowest BCUT2D eigenvalue weighted by molar-refractivity contribution is 0.441. The predicted molar refractivity (Wildman–Crippen MR) is 72.4 cm³/mol. The Morgan fingerprint density at radius 1 is 1.24 bits per heavy atom. The van der Waals surface area contributed by atoms with Crippen molar-refractivity contribution < 1.29 is 4.74 Å². The Labute approximate surface area is 112 Å². The molecular weight excluding hydrogens is 302 g/mol. The number of nitrogens with two attached hydrogens (primary N) is 1. The van der Waals surface area contributed by atoms with Crippen LogP contribution in [0.5, 0.6) is 11.8 Å². The largest absolute Gasteiger partial charge is 0.424 e. The van der Waals surface area contributed by atoms with Crippen molar-refractivity contribution in [3.8, 4) is 11.8 Å². The van der Waals surface area contributed by atoms with Gasteiger partial charge in [-0.15, -0.1) is 11.8 Å². The topological polar surface area (TPSA) is 61.0 Å². The molecule has 1 aromatic heterocycles. The number of rotatable bonds is 3. The molecule has 0 fully saturated rings. The van der Waals surface area contributed by atoms with Gasteiger partial charge in [0.1, 0.15) is 16.2 Å². The predicted octanol–water partition coefficient (Wildman–Crippen LogP) is 3.34. The molecule has 0 aliphatic carbocycles. The molecule has 0 radical (unpaired) electrons. The molecule has 2 N–H and O–H groups in total. The second-order valence-corrected chi connectivity index (χ2v) is 4.87. The van der Waals surface area contributed by atoms with Crippen molar-refractivity contribution in [3.63, 3.8) is 0 Å². The lowest BCUT2D eigenvalue weighted by Crippen LogP contribution is -1.96. The number of hydrogen-bond acceptors (Lipinski definition) is 5. The molecule has 0 amide bonds. The van der Waals surface area contributed by atoms with Crippen LogP contribution in [0.1, 0.15) is 0 Å². The zero-order valence-corrected chi connectivity index (χ0v) is 11.5. The molecular formula is C11H10BrN3OS. The van der Waals surface area contributed by atoms with Gasteiger partial charge in [0.2, 0.25) is 0 Å². The molecule has 0 unspecified atom stereocenters. The van der Waals surface area contributed by atoms with E-state index in [0.717, 1.165) is 0 Å². The molecule has 0 bridgehead atoms. The first-order valence-corrected chi connectivity index (χ1v) is 6.81. The van der Waals surface area contributed by atoms with Gasteiger partial charge in [-0.25, -0.2) is 0 Å². The van der Waals surface area contributed by atoms with E-state index < -0.39 is 0 Å². The highest BCUT2D eigenvalue weighted by Crippen LogP contribution is 2.23. The average Bonchev–Trinajstić information content (AvgIpc) is 2.28. The molecule has 0 aliphatic heterocycles. The first-order valence-electron chi connectivity index (χ1n) is 4.79. The number of hydrogen-bond donors (Lipinski definition) is 1. The highest BCUT2D eigenvalue weighted by molar-refractivity contribution is 9.10. The van der Waals surface area contributed by atoms with Crippen molar-refractivity contribution in [1.82, 2.24) is 9.97 Å². The van der Waals surface area contributed by atoms with Gasteiger partial charge < -0.3 is 10.5 Å². The summed E-state index contributed by atoms with van der Waals surface area (Å²) < 4.78 is 6.10. The van der Waals surface area contributed by atoms with Crippen molar-refractivity contribution in [2.45, 2.75) is 4.90 Å². The normalized spacial score (nSPS) is 10.2. The highest BCUT2D eigenvalue weighted by Gasteiger charge is 2.03. The average molecular weight is 312 g/mol. The van der Waals surface area contributed by atoms with Crippen LogP contribution in [0.3, 0.4) is 0 Å². The summed E-state index contributed by atoms with van der Waals surface area (Å²) in [4.78, 5) is 9.22. The number of ether oxygens (including phenoxy) is 1. The van der Waals surface area contributed by atoms with E-state index in [1.165, 1.54) is 4.90 Å². The van der Waals surface area contributed by atoms with Crippen LogP contribution in [0.15, 0.2) is 39.8 Å². The second kappa shape index (κ2) is 5.37. The minimum Gasteiger partial charge on any atom is -0.424 e. The molecule has 0 saturated heterocycles. The van der Waals surface area contributed by atoms with Crippen LogP contribution < -0.4 is 10.5 Å². The molecule has 1 heterocycles. The smallest absolute Gasteiger partial charge is 0.325 e. The minimum absolute atomic E-state index is 0.230. The van der Waals surface area contributed by atoms with Gasteiger partial charge in [-0.05, 0) is 46.5 Å². The van der Waals surface area contributed by atoms with Gasteiger partial charge >= 0.3 is 6.01 Å². The van der Waals surface area contributed by atoms with Gasteiger partial charge in [0, 0.05) is 11.0 Å². The lowest BCUT2D eigenvalue weighted by Gasteiger charge is -2.05. The highest BCUT2D eigenvalue weighted by atomic mass is 79.9. The fourth-order valence-corrected chi connectivity index (χ4v) is 2.00. The molecule has 1 aromatic carbocycles. The van der Waals surface area contributed by atoms with E-state index in [-0.39, 0.29) is 6.01 Å². The van der Waals surface area contributed by atoms with E-state index in [0.29, 0.717) is 16.2 Å². The number of benzene rings is 1. The quantitative estimate of drug-likeness (QED) is 0.696. The van der Waals surface area contributed by atoms with Gasteiger partial charge in [0.15, 0.2) is 0 Å². The van der Waals surface area contributed by atoms with Crippen molar-refractivity contribution in [3.05, 3.63) is 34.9 Å². The number of nitrogens with zero attached hydrogens (tertiary/aromatic N) is 2. The summed E-state index contributed by atoms with van der Waals surface area (Å²) in [5, 5.41) is 0. The van der Waals surface area contributed by atoms with Crippen LogP contribution in [-0.2, 0) is 0 Å². The van der Waals surface area contributed by atoms with E-state index in [2.05, 4.69) is 25.9 Å². The number of thioether (sulfide) groups is 1. The molecule has 88 valence electrons. The monoisotopic (exact) mass is 311 g/mol. The van der Waals surface area contributed by atoms with E-state index in [9.17, 15) is 0 Å². The zero-order chi connectivity index (χ0) is 12.3. The summed E-state index contributed by atoms with van der Waals surface area (Å²) in [6.45, 7) is 0. The Morgan fingerprint density at radius 2 is 1.94 bits per heavy atom. The standard InChI is InChI=1S/C11H10BrN3OS/c1-17-8-4-2-7(3-5-8)16-11-14-9(12)6-10(13)15-11/h2-6H,1H3,(H2,13,14,15). The molecule has 0 atom stereocenters. The molecule has 0 spiro atoms. The molecule has 0 saturated carbocycles. The van der Waals surface area contributed by atoms with E-state index in [1.54, 1.807) is 17.8 Å². The second-order valence-electron chi connectivity index (χ2n) is 3.18. The summed E-state index contributed by atoms with van der Waals surface area (Å²) in [5.41, 5.74) is 5.59. The van der Waals surface area contributed by atoms with Crippen molar-refractivity contribution >= 4 is 33.5 Å². The van der Waals surface area contributed by atoms with E-state index in [4.69, 9.17) is 10.5 Å². The molecule has 2 aromatic rings. The van der Waals surface area contributed by atoms with Gasteiger partial charge in [-0.3, -0.25) is 0 Å². The number of anilines is 1. The minimum atomic E-state index is 0.230. The first-order chi connectivity index (χ1) is 8.17. The summed E-state index contributed by atoms with van der Waals surface area (Å²) in [5.74, 6) is 1.04. The molecule has 4 nitrogen and oxygen atoms in total. The maximum Gasteiger partial charge on any atom is 0.325 e. The Balaban J connectivity index is 2.19. The lowest BCUT2D eigenvalue weighted by atomic mass is 10.3. The van der Waals surface area contributed by atoms with Crippen molar-refractivity contribution in [1.29, 1.82) is 0 Å². The zero-order valence-electron chi connectivity index (χ0n) is 9.05. The summed E-state index contributed by atoms with van der Waals surface area (Å²) in [6.07, 6.45) is 2.02. The third-order valence-corrected chi connectivity index (χ3v) is 3.11. The van der Waals surface area contributed by atoms with Gasteiger partial charge in [0.05, 0.1) is 0 Å². The third kappa shape index (κ3) is 3.34. The number of halogens is 1. The van der Waals surface area contributed by atoms with E-state index >= 15 is 0 Å². The third-order valence-electron chi connectivity index (χ3n) is 1.96. The summed E-state index contributed by atoms with van der Waals surface area (Å²) >= 11 is 4.91. The fraction of sp³-hybridized carbons (Fsp3) is 0.0909. The summed E-state index contributed by atoms with van der Waals surface area (Å²) in [7, 11) is 0. The first kappa shape index (κ1) is 12.2. The van der Waals surface area contributed by atoms with E-state index in [1.807, 2.05) is 30.5 Å². The van der Waals surface area contributed by atoms with Crippen LogP contribution in [-0.4, -0.2) is 16.2 Å². The Hall–Kier alpha value is -1.27. The number of aromatic nitrogens is 2. The molecule has 17 heavy (non-hydrogen) atoms. The molecule has 6 heteroatoms. The van der Waals surface area contributed by atoms with Gasteiger partial charge in [-0.1, -0.05) is 0 Å². The Kier molecular flexibility index (Phi) is 3.86. The maximum atomic E-state index is 5.59. The van der Waals surface area contributed by atoms with Gasteiger partial charge in [0.25, 0.3) is 0 Å². The number of nitrogen functional groups attached to an aromatic ring is 1. The Bertz CT molecular complexity index is 498. The van der Waals surface area contributed by atoms with Crippen LogP contribution in [0.25, 0.3) is 0 Å². The fourth-order valence-electron chi connectivity index (χ4n) is 1.21. The van der Waals surface area contributed by atoms with Crippen LogP contribution in [0.2, 0.25) is 0 Å². The van der Waals surface area contributed by atoms with Crippen LogP contribution in [0, 0.1) is 0 Å². The Morgan fingerprint density at radius 3 is 2.53 bits per heavy atom. The molecule has 2 rings (SSSR count). The van der Waals surface area contributed by atoms with Gasteiger partial charge in [-0.2, -0.15) is 9.97 Å². The molecule has 0 aliphatic rings. The van der Waals surface area contributed by atoms with Crippen LogP contribution >= 0.6 is 27.7 Å². The maximum absolute atomic E-state index is 5.59. The summed E-state index contributed by atoms with van der Waals surface area (Å²) in [6, 6.07) is 9.53. The SMILES string of the molecule is CSc1ccc(Oc2nc(N)cc(Br)n2)cc1.